The number of azide groups is 1. The molecule has 0 amide bonds. The smallest absolute Gasteiger partial charge is 0.330 e. The van der Waals surface area contributed by atoms with Gasteiger partial charge in [-0.15, -0.1) is 0 Å². The molecular weight excluding hydrogens is 276 g/mol. The lowest BCUT2D eigenvalue weighted by Crippen LogP contribution is -2.48. The highest BCUT2D eigenvalue weighted by molar-refractivity contribution is 5.82. The maximum absolute atomic E-state index is 12.1. The van der Waals surface area contributed by atoms with Gasteiger partial charge in [0.25, 0.3) is 0 Å². The highest BCUT2D eigenvalue weighted by Gasteiger charge is 2.36. The van der Waals surface area contributed by atoms with Crippen LogP contribution in [0.5, 0.6) is 11.5 Å². The number of hydrogen-bond donors (Lipinski definition) is 2. The summed E-state index contributed by atoms with van der Waals surface area (Å²) < 4.78 is 9.86. The molecule has 0 saturated heterocycles. The van der Waals surface area contributed by atoms with Gasteiger partial charge in [0.1, 0.15) is 5.54 Å². The van der Waals surface area contributed by atoms with Crippen molar-refractivity contribution in [2.24, 2.45) is 5.11 Å². The van der Waals surface area contributed by atoms with Gasteiger partial charge in [-0.05, 0) is 30.2 Å². The fourth-order valence-corrected chi connectivity index (χ4v) is 1.89. The van der Waals surface area contributed by atoms with Crippen LogP contribution in [0.15, 0.2) is 23.3 Å². The minimum atomic E-state index is -1.15. The van der Waals surface area contributed by atoms with Crippen molar-refractivity contribution in [3.8, 4) is 11.5 Å². The molecule has 1 unspecified atom stereocenters. The van der Waals surface area contributed by atoms with Crippen LogP contribution in [0.2, 0.25) is 0 Å². The predicted molar refractivity (Wildman–Crippen MR) is 76.0 cm³/mol. The van der Waals surface area contributed by atoms with E-state index in [1.165, 1.54) is 20.3 Å². The number of phenols is 1. The number of nitrogens with one attached hydrogen (secondary N) is 1. The summed E-state index contributed by atoms with van der Waals surface area (Å²) in [6.07, 6.45) is 0. The molecule has 2 N–H and O–H groups in total. The number of nitrogens with zero attached hydrogens (tertiary/aromatic N) is 3. The minimum Gasteiger partial charge on any atom is -0.504 e. The normalized spacial score (nSPS) is 12.9. The van der Waals surface area contributed by atoms with Crippen LogP contribution in [-0.4, -0.2) is 38.4 Å². The molecule has 1 aromatic rings. The van der Waals surface area contributed by atoms with E-state index in [2.05, 4.69) is 15.3 Å². The van der Waals surface area contributed by atoms with Crippen molar-refractivity contribution < 1.29 is 19.4 Å². The van der Waals surface area contributed by atoms with Crippen molar-refractivity contribution in [2.45, 2.75) is 12.5 Å². The third-order valence-electron chi connectivity index (χ3n) is 3.10. The van der Waals surface area contributed by atoms with E-state index in [4.69, 9.17) is 15.0 Å². The van der Waals surface area contributed by atoms with Crippen LogP contribution < -0.4 is 10.1 Å². The number of carbonyl (C=O) groups excluding carboxylic acids is 1. The number of ether oxygens (including phenoxy) is 2. The summed E-state index contributed by atoms with van der Waals surface area (Å²) in [5, 5.41) is 16.0. The van der Waals surface area contributed by atoms with E-state index in [1.807, 2.05) is 0 Å². The predicted octanol–water partition coefficient (Wildman–Crippen LogP) is 1.69. The first kappa shape index (κ1) is 16.6. The van der Waals surface area contributed by atoms with Crippen LogP contribution in [0.3, 0.4) is 0 Å². The summed E-state index contributed by atoms with van der Waals surface area (Å²) in [5.41, 5.74) is 7.67. The monoisotopic (exact) mass is 294 g/mol. The minimum absolute atomic E-state index is 0.0254. The zero-order valence-corrected chi connectivity index (χ0v) is 12.2. The lowest BCUT2D eigenvalue weighted by molar-refractivity contribution is -0.148. The van der Waals surface area contributed by atoms with Gasteiger partial charge >= 0.3 is 5.97 Å². The molecule has 114 valence electrons. The summed E-state index contributed by atoms with van der Waals surface area (Å²) in [6, 6.07) is 4.58. The molecular formula is C13H18N4O4. The molecule has 0 heterocycles. The summed E-state index contributed by atoms with van der Waals surface area (Å²) in [4.78, 5) is 14.7. The standard InChI is InChI=1S/C13H18N4O4/c1-13(12(19)21-3,15-6-7-16-17-14)9-4-5-10(18)11(8-9)20-2/h4-5,8,15,18H,6-7H2,1-3H3. The van der Waals surface area contributed by atoms with Crippen molar-refractivity contribution in [3.05, 3.63) is 34.2 Å². The first-order valence-corrected chi connectivity index (χ1v) is 6.21. The first-order chi connectivity index (χ1) is 9.99. The number of benzene rings is 1. The van der Waals surface area contributed by atoms with E-state index >= 15 is 0 Å². The highest BCUT2D eigenvalue weighted by Crippen LogP contribution is 2.32. The molecule has 21 heavy (non-hydrogen) atoms. The van der Waals surface area contributed by atoms with Gasteiger partial charge < -0.3 is 14.6 Å². The number of phenolic OH excluding ortho intramolecular Hbond substituents is 1. The van der Waals surface area contributed by atoms with Crippen LogP contribution in [0.4, 0.5) is 0 Å². The van der Waals surface area contributed by atoms with Crippen LogP contribution in [-0.2, 0) is 15.1 Å². The van der Waals surface area contributed by atoms with E-state index in [0.717, 1.165) is 0 Å². The van der Waals surface area contributed by atoms with Gasteiger partial charge in [-0.25, -0.2) is 4.79 Å². The number of hydrogen-bond acceptors (Lipinski definition) is 6. The van der Waals surface area contributed by atoms with Gasteiger partial charge in [0.2, 0.25) is 0 Å². The lowest BCUT2D eigenvalue weighted by atomic mass is 9.91. The van der Waals surface area contributed by atoms with Gasteiger partial charge in [-0.1, -0.05) is 11.2 Å². The van der Waals surface area contributed by atoms with Gasteiger partial charge in [-0.3, -0.25) is 5.32 Å². The zero-order valence-electron chi connectivity index (χ0n) is 12.2. The second-order valence-corrected chi connectivity index (χ2v) is 4.38. The number of esters is 1. The maximum Gasteiger partial charge on any atom is 0.330 e. The Morgan fingerprint density at radius 1 is 1.52 bits per heavy atom. The molecule has 0 spiro atoms. The summed E-state index contributed by atoms with van der Waals surface area (Å²) in [6.45, 7) is 2.12. The number of methoxy groups -OCH3 is 2. The molecule has 1 aromatic carbocycles. The van der Waals surface area contributed by atoms with Crippen molar-refractivity contribution in [3.63, 3.8) is 0 Å². The second kappa shape index (κ2) is 7.37. The maximum atomic E-state index is 12.1. The van der Waals surface area contributed by atoms with E-state index in [-0.39, 0.29) is 18.0 Å². The molecule has 8 heteroatoms. The van der Waals surface area contributed by atoms with E-state index in [0.29, 0.717) is 12.1 Å². The quantitative estimate of drug-likeness (QED) is 0.261. The molecule has 0 aromatic heterocycles. The Hall–Kier alpha value is -2.44. The van der Waals surface area contributed by atoms with Crippen molar-refractivity contribution in [1.82, 2.24) is 5.32 Å². The average molecular weight is 294 g/mol. The van der Waals surface area contributed by atoms with Crippen LogP contribution in [0.25, 0.3) is 10.4 Å². The van der Waals surface area contributed by atoms with Gasteiger partial charge in [0.15, 0.2) is 11.5 Å². The molecule has 8 nitrogen and oxygen atoms in total. The average Bonchev–Trinajstić information content (AvgIpc) is 2.50. The second-order valence-electron chi connectivity index (χ2n) is 4.38. The number of carbonyl (C=O) groups is 1. The van der Waals surface area contributed by atoms with Crippen molar-refractivity contribution in [2.75, 3.05) is 27.3 Å². The molecule has 0 bridgehead atoms. The Morgan fingerprint density at radius 3 is 2.81 bits per heavy atom. The fraction of sp³-hybridized carbons (Fsp3) is 0.462. The van der Waals surface area contributed by atoms with Gasteiger partial charge in [0, 0.05) is 18.0 Å². The van der Waals surface area contributed by atoms with Crippen LogP contribution >= 0.6 is 0 Å². The summed E-state index contributed by atoms with van der Waals surface area (Å²) in [7, 11) is 2.71. The fourth-order valence-electron chi connectivity index (χ4n) is 1.89. The van der Waals surface area contributed by atoms with Crippen LogP contribution in [0.1, 0.15) is 12.5 Å². The Kier molecular flexibility index (Phi) is 5.83. The Morgan fingerprint density at radius 2 is 2.24 bits per heavy atom. The third-order valence-corrected chi connectivity index (χ3v) is 3.10. The molecule has 1 atom stereocenters. The molecule has 0 aliphatic carbocycles. The van der Waals surface area contributed by atoms with Crippen molar-refractivity contribution in [1.29, 1.82) is 0 Å². The summed E-state index contributed by atoms with van der Waals surface area (Å²) >= 11 is 0. The SMILES string of the molecule is COC(=O)C(C)(NCCN=[N+]=[N-])c1ccc(O)c(OC)c1. The molecule has 0 fully saturated rings. The number of aromatic hydroxyl groups is 1. The van der Waals surface area contributed by atoms with Crippen LogP contribution in [0, 0.1) is 0 Å². The van der Waals surface area contributed by atoms with E-state index < -0.39 is 11.5 Å². The summed E-state index contributed by atoms with van der Waals surface area (Å²) in [5.74, 6) is -0.279. The molecule has 0 saturated carbocycles. The Bertz CT molecular complexity index is 557. The Balaban J connectivity index is 3.11. The molecule has 1 rings (SSSR count). The number of rotatable bonds is 7. The van der Waals surface area contributed by atoms with Gasteiger partial charge in [-0.2, -0.15) is 0 Å². The van der Waals surface area contributed by atoms with E-state index in [9.17, 15) is 9.90 Å². The molecule has 0 aliphatic rings. The highest BCUT2D eigenvalue weighted by atomic mass is 16.5. The molecule has 0 aliphatic heterocycles. The van der Waals surface area contributed by atoms with Gasteiger partial charge in [0.05, 0.1) is 14.2 Å². The third kappa shape index (κ3) is 3.77. The topological polar surface area (TPSA) is 117 Å². The largest absolute Gasteiger partial charge is 0.504 e. The first-order valence-electron chi connectivity index (χ1n) is 6.21. The van der Waals surface area contributed by atoms with E-state index in [1.54, 1.807) is 19.1 Å². The molecule has 0 radical (unpaired) electrons. The van der Waals surface area contributed by atoms with Crippen molar-refractivity contribution >= 4 is 5.97 Å². The Labute approximate surface area is 122 Å². The zero-order chi connectivity index (χ0) is 15.9. The lowest BCUT2D eigenvalue weighted by Gasteiger charge is -2.28.